The maximum absolute atomic E-state index is 12.1. The Labute approximate surface area is 127 Å². The van der Waals surface area contributed by atoms with Crippen molar-refractivity contribution in [2.45, 2.75) is 19.8 Å². The van der Waals surface area contributed by atoms with E-state index in [1.54, 1.807) is 18.3 Å². The van der Waals surface area contributed by atoms with Crippen LogP contribution in [0.2, 0.25) is 0 Å². The van der Waals surface area contributed by atoms with Crippen LogP contribution >= 0.6 is 11.3 Å². The molecular weight excluding hydrogens is 284 g/mol. The minimum absolute atomic E-state index is 0.0415. The number of carbonyl (C=O) groups is 1. The Bertz CT molecular complexity index is 683. The third-order valence-corrected chi connectivity index (χ3v) is 3.93. The minimum atomic E-state index is -0.160. The number of aromatic nitrogens is 1. The largest absolute Gasteiger partial charge is 0.395 e. The molecule has 5 heteroatoms. The molecule has 0 fully saturated rings. The van der Waals surface area contributed by atoms with Crippen molar-refractivity contribution >= 4 is 23.1 Å². The van der Waals surface area contributed by atoms with Crippen LogP contribution < -0.4 is 5.32 Å². The Balaban J connectivity index is 2.07. The zero-order valence-electron chi connectivity index (χ0n) is 11.7. The van der Waals surface area contributed by atoms with E-state index in [0.29, 0.717) is 17.1 Å². The van der Waals surface area contributed by atoms with Crippen LogP contribution in [0.15, 0.2) is 30.5 Å². The number of aliphatic hydroxyl groups is 1. The fourth-order valence-corrected chi connectivity index (χ4v) is 2.51. The second kappa shape index (κ2) is 7.58. The Morgan fingerprint density at radius 1 is 1.43 bits per heavy atom. The molecule has 21 heavy (non-hydrogen) atoms. The molecular formula is C16H16N2O2S. The highest BCUT2D eigenvalue weighted by molar-refractivity contribution is 7.14. The molecule has 0 aliphatic carbocycles. The highest BCUT2D eigenvalue weighted by Crippen LogP contribution is 2.18. The zero-order valence-corrected chi connectivity index (χ0v) is 12.5. The Hall–Kier alpha value is -2.16. The van der Waals surface area contributed by atoms with Crippen LogP contribution in [0.25, 0.3) is 0 Å². The molecule has 0 saturated carbocycles. The molecule has 0 aliphatic rings. The van der Waals surface area contributed by atoms with Gasteiger partial charge in [0.2, 0.25) is 0 Å². The highest BCUT2D eigenvalue weighted by Gasteiger charge is 2.09. The highest BCUT2D eigenvalue weighted by atomic mass is 32.1. The van der Waals surface area contributed by atoms with E-state index in [9.17, 15) is 4.79 Å². The first-order valence-electron chi connectivity index (χ1n) is 6.68. The third kappa shape index (κ3) is 4.42. The van der Waals surface area contributed by atoms with Crippen LogP contribution in [0.1, 0.15) is 33.5 Å². The maximum Gasteiger partial charge on any atom is 0.266 e. The standard InChI is InChI=1S/C16H16N2O2S/c1-2-13-6-7-14(21-13)16(20)18-15-11-12(8-9-17-15)5-3-4-10-19/h6-9,11,19H,2,4,10H2,1H3,(H,17,18,20). The molecule has 2 N–H and O–H groups in total. The first kappa shape index (κ1) is 15.2. The lowest BCUT2D eigenvalue weighted by atomic mass is 10.2. The summed E-state index contributed by atoms with van der Waals surface area (Å²) in [5.41, 5.74) is 0.758. The topological polar surface area (TPSA) is 62.2 Å². The molecule has 0 unspecified atom stereocenters. The summed E-state index contributed by atoms with van der Waals surface area (Å²) in [6.07, 6.45) is 2.95. The van der Waals surface area contributed by atoms with E-state index in [2.05, 4.69) is 29.1 Å². The number of aryl methyl sites for hydroxylation is 1. The molecule has 0 radical (unpaired) electrons. The van der Waals surface area contributed by atoms with Crippen molar-refractivity contribution in [1.82, 2.24) is 4.98 Å². The summed E-state index contributed by atoms with van der Waals surface area (Å²) in [7, 11) is 0. The van der Waals surface area contributed by atoms with Gasteiger partial charge in [0.05, 0.1) is 11.5 Å². The lowest BCUT2D eigenvalue weighted by Gasteiger charge is -2.02. The molecule has 2 aromatic rings. The van der Waals surface area contributed by atoms with E-state index in [1.165, 1.54) is 16.2 Å². The number of carbonyl (C=O) groups excluding carboxylic acids is 1. The molecule has 2 heterocycles. The maximum atomic E-state index is 12.1. The van der Waals surface area contributed by atoms with Gasteiger partial charge >= 0.3 is 0 Å². The third-order valence-electron chi connectivity index (χ3n) is 2.70. The van der Waals surface area contributed by atoms with Crippen molar-refractivity contribution in [3.63, 3.8) is 0 Å². The van der Waals surface area contributed by atoms with Gasteiger partial charge in [-0.15, -0.1) is 11.3 Å². The summed E-state index contributed by atoms with van der Waals surface area (Å²) < 4.78 is 0. The van der Waals surface area contributed by atoms with Gasteiger partial charge in [-0.25, -0.2) is 4.98 Å². The Morgan fingerprint density at radius 2 is 2.29 bits per heavy atom. The van der Waals surface area contributed by atoms with Gasteiger partial charge in [-0.3, -0.25) is 4.79 Å². The molecule has 108 valence electrons. The summed E-state index contributed by atoms with van der Waals surface area (Å²) in [6, 6.07) is 7.27. The first-order valence-corrected chi connectivity index (χ1v) is 7.50. The number of anilines is 1. The van der Waals surface area contributed by atoms with Crippen molar-refractivity contribution in [1.29, 1.82) is 0 Å². The predicted octanol–water partition coefficient (Wildman–Crippen LogP) is 2.69. The van der Waals surface area contributed by atoms with Crippen molar-refractivity contribution in [2.75, 3.05) is 11.9 Å². The van der Waals surface area contributed by atoms with Crippen LogP contribution in [0.3, 0.4) is 0 Å². The molecule has 0 bridgehead atoms. The van der Waals surface area contributed by atoms with Crippen molar-refractivity contribution in [3.8, 4) is 11.8 Å². The quantitative estimate of drug-likeness (QED) is 0.853. The van der Waals surface area contributed by atoms with E-state index in [4.69, 9.17) is 5.11 Å². The summed E-state index contributed by atoms with van der Waals surface area (Å²) in [5, 5.41) is 11.5. The molecule has 1 amide bonds. The number of amides is 1. The van der Waals surface area contributed by atoms with Gasteiger partial charge in [-0.1, -0.05) is 18.8 Å². The molecule has 0 aromatic carbocycles. The Kier molecular flexibility index (Phi) is 5.50. The molecule has 0 aliphatic heterocycles. The monoisotopic (exact) mass is 300 g/mol. The van der Waals surface area contributed by atoms with Gasteiger partial charge in [0, 0.05) is 23.1 Å². The smallest absolute Gasteiger partial charge is 0.266 e. The predicted molar refractivity (Wildman–Crippen MR) is 84.5 cm³/mol. The van der Waals surface area contributed by atoms with E-state index >= 15 is 0 Å². The van der Waals surface area contributed by atoms with Gasteiger partial charge in [0.25, 0.3) is 5.91 Å². The van der Waals surface area contributed by atoms with Crippen LogP contribution in [0, 0.1) is 11.8 Å². The number of nitrogens with one attached hydrogen (secondary N) is 1. The first-order chi connectivity index (χ1) is 10.2. The van der Waals surface area contributed by atoms with Gasteiger partial charge in [-0.05, 0) is 30.7 Å². The molecule has 4 nitrogen and oxygen atoms in total. The number of nitrogens with zero attached hydrogens (tertiary/aromatic N) is 1. The summed E-state index contributed by atoms with van der Waals surface area (Å²) in [4.78, 5) is 18.1. The van der Waals surface area contributed by atoms with Crippen LogP contribution in [-0.4, -0.2) is 22.6 Å². The summed E-state index contributed by atoms with van der Waals surface area (Å²) >= 11 is 1.49. The number of hydrogen-bond acceptors (Lipinski definition) is 4. The Morgan fingerprint density at radius 3 is 3.00 bits per heavy atom. The summed E-state index contributed by atoms with van der Waals surface area (Å²) in [5.74, 6) is 6.06. The molecule has 0 atom stereocenters. The SMILES string of the molecule is CCc1ccc(C(=O)Nc2cc(C#CCCO)ccn2)s1. The number of rotatable bonds is 4. The van der Waals surface area contributed by atoms with Crippen LogP contribution in [-0.2, 0) is 6.42 Å². The van der Waals surface area contributed by atoms with Crippen LogP contribution in [0.5, 0.6) is 0 Å². The average molecular weight is 300 g/mol. The fourth-order valence-electron chi connectivity index (χ4n) is 1.67. The zero-order chi connectivity index (χ0) is 15.1. The van der Waals surface area contributed by atoms with Crippen LogP contribution in [0.4, 0.5) is 5.82 Å². The van der Waals surface area contributed by atoms with E-state index in [-0.39, 0.29) is 12.5 Å². The molecule has 0 spiro atoms. The second-order valence-corrected chi connectivity index (χ2v) is 5.45. The van der Waals surface area contributed by atoms with E-state index in [0.717, 1.165) is 12.0 Å². The number of thiophene rings is 1. The lowest BCUT2D eigenvalue weighted by Crippen LogP contribution is -2.11. The fraction of sp³-hybridized carbons (Fsp3) is 0.250. The number of hydrogen-bond donors (Lipinski definition) is 2. The van der Waals surface area contributed by atoms with Gasteiger partial charge in [0.1, 0.15) is 5.82 Å². The second-order valence-electron chi connectivity index (χ2n) is 4.28. The molecule has 0 saturated heterocycles. The average Bonchev–Trinajstić information content (AvgIpc) is 2.97. The van der Waals surface area contributed by atoms with E-state index in [1.807, 2.05) is 12.1 Å². The summed E-state index contributed by atoms with van der Waals surface area (Å²) in [6.45, 7) is 2.10. The van der Waals surface area contributed by atoms with Crippen molar-refractivity contribution in [2.24, 2.45) is 0 Å². The van der Waals surface area contributed by atoms with Gasteiger partial charge in [0.15, 0.2) is 0 Å². The number of aliphatic hydroxyl groups excluding tert-OH is 1. The van der Waals surface area contributed by atoms with Crippen molar-refractivity contribution in [3.05, 3.63) is 45.8 Å². The normalized spacial score (nSPS) is 9.81. The molecule has 2 aromatic heterocycles. The molecule has 2 rings (SSSR count). The number of pyridine rings is 1. The van der Waals surface area contributed by atoms with E-state index < -0.39 is 0 Å². The van der Waals surface area contributed by atoms with Gasteiger partial charge < -0.3 is 10.4 Å². The van der Waals surface area contributed by atoms with Gasteiger partial charge in [-0.2, -0.15) is 0 Å². The minimum Gasteiger partial charge on any atom is -0.395 e. The lowest BCUT2D eigenvalue weighted by molar-refractivity contribution is 0.103. The van der Waals surface area contributed by atoms with Crippen molar-refractivity contribution < 1.29 is 9.90 Å².